The first-order chi connectivity index (χ1) is 17.2. The van der Waals surface area contributed by atoms with Gasteiger partial charge in [0, 0.05) is 82.0 Å². The zero-order valence-corrected chi connectivity index (χ0v) is 20.5. The van der Waals surface area contributed by atoms with Gasteiger partial charge in [0.1, 0.15) is 0 Å². The van der Waals surface area contributed by atoms with Gasteiger partial charge in [-0.1, -0.05) is 6.07 Å². The van der Waals surface area contributed by atoms with E-state index in [2.05, 4.69) is 24.7 Å². The van der Waals surface area contributed by atoms with E-state index in [1.165, 1.54) is 5.56 Å². The van der Waals surface area contributed by atoms with Crippen LogP contribution in [0.3, 0.4) is 0 Å². The SMILES string of the molecule is COc1ccc(CN2CCc3nc(N4CCN(c5ncccn5)CC4)ncc3C2)c(OC)c1OC. The lowest BCUT2D eigenvalue weighted by Crippen LogP contribution is -2.47. The summed E-state index contributed by atoms with van der Waals surface area (Å²) in [6, 6.07) is 5.80. The monoisotopic (exact) mass is 477 g/mol. The molecule has 184 valence electrons. The largest absolute Gasteiger partial charge is 0.493 e. The van der Waals surface area contributed by atoms with Gasteiger partial charge >= 0.3 is 0 Å². The second kappa shape index (κ2) is 10.3. The Labute approximate surface area is 205 Å². The second-order valence-corrected chi connectivity index (χ2v) is 8.62. The summed E-state index contributed by atoms with van der Waals surface area (Å²) in [6.07, 6.45) is 6.44. The van der Waals surface area contributed by atoms with Crippen molar-refractivity contribution in [2.45, 2.75) is 19.5 Å². The van der Waals surface area contributed by atoms with Gasteiger partial charge in [0.05, 0.1) is 27.0 Å². The number of fused-ring (bicyclic) bond motifs is 1. The lowest BCUT2D eigenvalue weighted by molar-refractivity contribution is 0.237. The van der Waals surface area contributed by atoms with Crippen LogP contribution in [-0.2, 0) is 19.5 Å². The molecule has 0 amide bonds. The van der Waals surface area contributed by atoms with Gasteiger partial charge in [-0.25, -0.2) is 19.9 Å². The first-order valence-corrected chi connectivity index (χ1v) is 11.8. The normalized spacial score (nSPS) is 16.1. The number of hydrogen-bond donors (Lipinski definition) is 0. The van der Waals surface area contributed by atoms with E-state index in [0.29, 0.717) is 17.2 Å². The fraction of sp³-hybridized carbons (Fsp3) is 0.440. The predicted octanol–water partition coefficient (Wildman–Crippen LogP) is 2.18. The minimum absolute atomic E-state index is 0.622. The Morgan fingerprint density at radius 3 is 2.20 bits per heavy atom. The lowest BCUT2D eigenvalue weighted by Gasteiger charge is -2.35. The summed E-state index contributed by atoms with van der Waals surface area (Å²) in [7, 11) is 4.92. The Bertz CT molecular complexity index is 1150. The van der Waals surface area contributed by atoms with Crippen LogP contribution in [-0.4, -0.2) is 78.9 Å². The van der Waals surface area contributed by atoms with Crippen molar-refractivity contribution in [1.29, 1.82) is 0 Å². The minimum Gasteiger partial charge on any atom is -0.493 e. The maximum absolute atomic E-state index is 5.67. The van der Waals surface area contributed by atoms with Gasteiger partial charge in [-0.3, -0.25) is 4.90 Å². The number of nitrogens with zero attached hydrogens (tertiary/aromatic N) is 7. The number of hydrogen-bond acceptors (Lipinski definition) is 10. The van der Waals surface area contributed by atoms with Crippen molar-refractivity contribution in [2.75, 3.05) is 63.9 Å². The zero-order valence-electron chi connectivity index (χ0n) is 20.5. The Morgan fingerprint density at radius 2 is 1.51 bits per heavy atom. The van der Waals surface area contributed by atoms with Crippen LogP contribution < -0.4 is 24.0 Å². The van der Waals surface area contributed by atoms with Crippen LogP contribution in [0.1, 0.15) is 16.8 Å². The smallest absolute Gasteiger partial charge is 0.225 e. The summed E-state index contributed by atoms with van der Waals surface area (Å²) in [5.41, 5.74) is 3.38. The highest BCUT2D eigenvalue weighted by Crippen LogP contribution is 2.40. The highest BCUT2D eigenvalue weighted by Gasteiger charge is 2.25. The van der Waals surface area contributed by atoms with Crippen molar-refractivity contribution in [2.24, 2.45) is 0 Å². The van der Waals surface area contributed by atoms with Gasteiger partial charge in [-0.05, 0) is 12.1 Å². The number of ether oxygens (including phenoxy) is 3. The summed E-state index contributed by atoms with van der Waals surface area (Å²) >= 11 is 0. The summed E-state index contributed by atoms with van der Waals surface area (Å²) in [6.45, 7) is 5.86. The number of piperazine rings is 1. The fourth-order valence-corrected chi connectivity index (χ4v) is 4.74. The summed E-state index contributed by atoms with van der Waals surface area (Å²) in [5.74, 6) is 3.59. The molecule has 35 heavy (non-hydrogen) atoms. The van der Waals surface area contributed by atoms with Crippen LogP contribution >= 0.6 is 0 Å². The van der Waals surface area contributed by atoms with Crippen molar-refractivity contribution >= 4 is 11.9 Å². The number of anilines is 2. The second-order valence-electron chi connectivity index (χ2n) is 8.62. The average Bonchev–Trinajstić information content (AvgIpc) is 2.93. The number of benzene rings is 1. The highest BCUT2D eigenvalue weighted by atomic mass is 16.5. The first-order valence-electron chi connectivity index (χ1n) is 11.8. The molecule has 2 aromatic heterocycles. The van der Waals surface area contributed by atoms with Crippen LogP contribution in [0.25, 0.3) is 0 Å². The van der Waals surface area contributed by atoms with Gasteiger partial charge in [-0.15, -0.1) is 0 Å². The Kier molecular flexibility index (Phi) is 6.80. The molecule has 1 fully saturated rings. The molecule has 0 N–H and O–H groups in total. The third-order valence-corrected chi connectivity index (χ3v) is 6.58. The molecule has 0 bridgehead atoms. The molecular formula is C25H31N7O3. The first kappa shape index (κ1) is 23.1. The van der Waals surface area contributed by atoms with Crippen molar-refractivity contribution in [1.82, 2.24) is 24.8 Å². The summed E-state index contributed by atoms with van der Waals surface area (Å²) < 4.78 is 16.6. The topological polar surface area (TPSA) is 89.0 Å². The molecule has 0 radical (unpaired) electrons. The number of methoxy groups -OCH3 is 3. The Hall–Kier alpha value is -3.66. The highest BCUT2D eigenvalue weighted by molar-refractivity contribution is 5.55. The van der Waals surface area contributed by atoms with Crippen molar-refractivity contribution in [3.05, 3.63) is 53.6 Å². The third kappa shape index (κ3) is 4.79. The molecule has 4 heterocycles. The zero-order chi connectivity index (χ0) is 24.2. The average molecular weight is 478 g/mol. The molecule has 10 nitrogen and oxygen atoms in total. The van der Waals surface area contributed by atoms with Gasteiger partial charge in [0.2, 0.25) is 17.6 Å². The molecule has 0 saturated carbocycles. The van der Waals surface area contributed by atoms with Crippen LogP contribution in [0.5, 0.6) is 17.2 Å². The molecule has 1 saturated heterocycles. The third-order valence-electron chi connectivity index (χ3n) is 6.58. The van der Waals surface area contributed by atoms with E-state index in [1.54, 1.807) is 33.7 Å². The van der Waals surface area contributed by atoms with Gasteiger partial charge < -0.3 is 24.0 Å². The maximum Gasteiger partial charge on any atom is 0.225 e. The number of rotatable bonds is 7. The van der Waals surface area contributed by atoms with Crippen molar-refractivity contribution in [3.8, 4) is 17.2 Å². The maximum atomic E-state index is 5.67. The van der Waals surface area contributed by atoms with E-state index in [4.69, 9.17) is 24.2 Å². The number of aromatic nitrogens is 4. The summed E-state index contributed by atoms with van der Waals surface area (Å²) in [4.78, 5) is 25.2. The molecule has 2 aliphatic rings. The van der Waals surface area contributed by atoms with E-state index in [0.717, 1.165) is 75.4 Å². The van der Waals surface area contributed by atoms with Crippen molar-refractivity contribution < 1.29 is 14.2 Å². The van der Waals surface area contributed by atoms with Crippen LogP contribution in [0.15, 0.2) is 36.8 Å². The van der Waals surface area contributed by atoms with E-state index >= 15 is 0 Å². The molecule has 3 aromatic rings. The lowest BCUT2D eigenvalue weighted by atomic mass is 10.1. The molecule has 2 aliphatic heterocycles. The van der Waals surface area contributed by atoms with Gasteiger partial charge in [0.15, 0.2) is 11.5 Å². The predicted molar refractivity (Wildman–Crippen MR) is 132 cm³/mol. The fourth-order valence-electron chi connectivity index (χ4n) is 4.74. The van der Waals surface area contributed by atoms with E-state index in [1.807, 2.05) is 24.4 Å². The van der Waals surface area contributed by atoms with E-state index < -0.39 is 0 Å². The molecular weight excluding hydrogens is 446 g/mol. The van der Waals surface area contributed by atoms with Crippen LogP contribution in [0.4, 0.5) is 11.9 Å². The molecule has 0 aliphatic carbocycles. The minimum atomic E-state index is 0.622. The molecule has 0 unspecified atom stereocenters. The molecule has 0 spiro atoms. The van der Waals surface area contributed by atoms with Crippen LogP contribution in [0.2, 0.25) is 0 Å². The standard InChI is InChI=1S/C25H31N7O3/c1-33-21-6-5-18(22(34-2)23(21)35-3)16-30-10-7-20-19(17-30)15-28-25(29-20)32-13-11-31(12-14-32)24-26-8-4-9-27-24/h4-6,8-9,15H,7,10-14,16-17H2,1-3H3. The van der Waals surface area contributed by atoms with Gasteiger partial charge in [-0.2, -0.15) is 0 Å². The van der Waals surface area contributed by atoms with Gasteiger partial charge in [0.25, 0.3) is 0 Å². The molecule has 5 rings (SSSR count). The molecule has 1 aromatic carbocycles. The molecule has 10 heteroatoms. The van der Waals surface area contributed by atoms with Crippen LogP contribution in [0, 0.1) is 0 Å². The van der Waals surface area contributed by atoms with Crippen molar-refractivity contribution in [3.63, 3.8) is 0 Å². The summed E-state index contributed by atoms with van der Waals surface area (Å²) in [5, 5.41) is 0. The quantitative estimate of drug-likeness (QED) is 0.504. The Morgan fingerprint density at radius 1 is 0.800 bits per heavy atom. The van der Waals surface area contributed by atoms with E-state index in [-0.39, 0.29) is 0 Å². The van der Waals surface area contributed by atoms with E-state index in [9.17, 15) is 0 Å². The molecule has 0 atom stereocenters. The Balaban J connectivity index is 1.24.